The fourth-order valence-corrected chi connectivity index (χ4v) is 4.32. The summed E-state index contributed by atoms with van der Waals surface area (Å²) < 4.78 is 16.4. The lowest BCUT2D eigenvalue weighted by atomic mass is 10.2. The van der Waals surface area contributed by atoms with Gasteiger partial charge >= 0.3 is 0 Å². The molecule has 136 valence electrons. The molecule has 0 bridgehead atoms. The van der Waals surface area contributed by atoms with Gasteiger partial charge in [-0.05, 0) is 53.4 Å². The third-order valence-corrected chi connectivity index (χ3v) is 5.40. The SMILES string of the molecule is O=C(Nc1cc(Cl)cc(Cl)c1)c1cc2sccc2n1Cc1cccc(F)c1. The first kappa shape index (κ1) is 18.0. The maximum Gasteiger partial charge on any atom is 0.272 e. The smallest absolute Gasteiger partial charge is 0.272 e. The number of hydrogen-bond acceptors (Lipinski definition) is 2. The molecule has 0 aliphatic rings. The van der Waals surface area contributed by atoms with Crippen molar-refractivity contribution in [2.24, 2.45) is 0 Å². The summed E-state index contributed by atoms with van der Waals surface area (Å²) in [4.78, 5) is 12.9. The van der Waals surface area contributed by atoms with Gasteiger partial charge < -0.3 is 9.88 Å². The Kier molecular flexibility index (Phi) is 4.91. The Balaban J connectivity index is 1.70. The van der Waals surface area contributed by atoms with Gasteiger partial charge in [0.15, 0.2) is 0 Å². The van der Waals surface area contributed by atoms with Crippen LogP contribution in [-0.4, -0.2) is 10.5 Å². The lowest BCUT2D eigenvalue weighted by Crippen LogP contribution is -2.17. The van der Waals surface area contributed by atoms with Crippen molar-refractivity contribution in [2.75, 3.05) is 5.32 Å². The standard InChI is InChI=1S/C20H13Cl2FN2OS/c21-13-7-14(22)9-16(8-13)24-20(26)18-10-19-17(4-5-27-19)25(18)11-12-2-1-3-15(23)6-12/h1-10H,11H2,(H,24,26). The molecule has 2 aromatic heterocycles. The predicted octanol–water partition coefficient (Wildman–Crippen LogP) is 6.45. The van der Waals surface area contributed by atoms with Gasteiger partial charge in [-0.15, -0.1) is 11.3 Å². The lowest BCUT2D eigenvalue weighted by molar-refractivity contribution is 0.101. The number of fused-ring (bicyclic) bond motifs is 1. The van der Waals surface area contributed by atoms with Gasteiger partial charge in [0.2, 0.25) is 0 Å². The number of halogens is 3. The number of amides is 1. The van der Waals surface area contributed by atoms with Crippen molar-refractivity contribution < 1.29 is 9.18 Å². The zero-order valence-electron chi connectivity index (χ0n) is 13.9. The zero-order valence-corrected chi connectivity index (χ0v) is 16.2. The summed E-state index contributed by atoms with van der Waals surface area (Å²) in [6, 6.07) is 15.0. The number of carbonyl (C=O) groups is 1. The quantitative estimate of drug-likeness (QED) is 0.405. The monoisotopic (exact) mass is 418 g/mol. The molecule has 0 radical (unpaired) electrons. The summed E-state index contributed by atoms with van der Waals surface area (Å²) in [5, 5.41) is 5.67. The summed E-state index contributed by atoms with van der Waals surface area (Å²) in [6.07, 6.45) is 0. The highest BCUT2D eigenvalue weighted by Gasteiger charge is 2.17. The molecule has 27 heavy (non-hydrogen) atoms. The van der Waals surface area contributed by atoms with E-state index in [2.05, 4.69) is 5.32 Å². The Bertz CT molecular complexity index is 1130. The number of thiophene rings is 1. The van der Waals surface area contributed by atoms with Crippen LogP contribution in [0.2, 0.25) is 10.0 Å². The second kappa shape index (κ2) is 7.35. The van der Waals surface area contributed by atoms with Crippen molar-refractivity contribution in [1.82, 2.24) is 4.57 Å². The second-order valence-corrected chi connectivity index (χ2v) is 7.85. The van der Waals surface area contributed by atoms with E-state index in [4.69, 9.17) is 23.2 Å². The Morgan fingerprint density at radius 1 is 1.07 bits per heavy atom. The van der Waals surface area contributed by atoms with E-state index in [-0.39, 0.29) is 11.7 Å². The second-order valence-electron chi connectivity index (χ2n) is 6.03. The van der Waals surface area contributed by atoms with Crippen molar-refractivity contribution in [3.8, 4) is 0 Å². The van der Waals surface area contributed by atoms with Crippen LogP contribution in [0.25, 0.3) is 10.2 Å². The van der Waals surface area contributed by atoms with Crippen LogP contribution in [-0.2, 0) is 6.54 Å². The van der Waals surface area contributed by atoms with Crippen molar-refractivity contribution in [3.63, 3.8) is 0 Å². The summed E-state index contributed by atoms with van der Waals surface area (Å²) in [5.74, 6) is -0.589. The van der Waals surface area contributed by atoms with Crippen LogP contribution in [0.5, 0.6) is 0 Å². The topological polar surface area (TPSA) is 34.0 Å². The maximum atomic E-state index is 13.6. The average molecular weight is 419 g/mol. The molecule has 2 heterocycles. The molecule has 1 amide bonds. The van der Waals surface area contributed by atoms with E-state index in [0.29, 0.717) is 28.0 Å². The number of nitrogens with zero attached hydrogens (tertiary/aromatic N) is 1. The van der Waals surface area contributed by atoms with E-state index in [1.165, 1.54) is 12.1 Å². The normalized spacial score (nSPS) is 11.1. The first-order valence-corrected chi connectivity index (χ1v) is 9.72. The van der Waals surface area contributed by atoms with E-state index in [1.54, 1.807) is 35.6 Å². The molecule has 0 aliphatic heterocycles. The number of rotatable bonds is 4. The highest BCUT2D eigenvalue weighted by molar-refractivity contribution is 7.17. The number of nitrogens with one attached hydrogen (secondary N) is 1. The number of aromatic nitrogens is 1. The van der Waals surface area contributed by atoms with Gasteiger partial charge in [0.25, 0.3) is 5.91 Å². The van der Waals surface area contributed by atoms with Crippen molar-refractivity contribution in [2.45, 2.75) is 6.54 Å². The third-order valence-electron chi connectivity index (χ3n) is 4.11. The first-order valence-electron chi connectivity index (χ1n) is 8.08. The van der Waals surface area contributed by atoms with Crippen molar-refractivity contribution in [3.05, 3.63) is 87.1 Å². The lowest BCUT2D eigenvalue weighted by Gasteiger charge is -2.11. The van der Waals surface area contributed by atoms with Crippen LogP contribution in [0, 0.1) is 5.82 Å². The molecule has 4 rings (SSSR count). The van der Waals surface area contributed by atoms with Gasteiger partial charge in [0, 0.05) is 22.3 Å². The third kappa shape index (κ3) is 3.86. The summed E-state index contributed by atoms with van der Waals surface area (Å²) in [6.45, 7) is 0.386. The number of anilines is 1. The zero-order chi connectivity index (χ0) is 19.0. The number of hydrogen-bond donors (Lipinski definition) is 1. The predicted molar refractivity (Wildman–Crippen MR) is 110 cm³/mol. The Hall–Kier alpha value is -2.34. The van der Waals surface area contributed by atoms with Crippen LogP contribution in [0.1, 0.15) is 16.1 Å². The summed E-state index contributed by atoms with van der Waals surface area (Å²) in [7, 11) is 0. The molecule has 2 aromatic carbocycles. The minimum absolute atomic E-state index is 0.284. The van der Waals surface area contributed by atoms with E-state index in [1.807, 2.05) is 28.1 Å². The minimum atomic E-state index is -0.305. The van der Waals surface area contributed by atoms with Gasteiger partial charge in [-0.25, -0.2) is 4.39 Å². The molecule has 3 nitrogen and oxygen atoms in total. The van der Waals surface area contributed by atoms with Crippen LogP contribution >= 0.6 is 34.5 Å². The first-order chi connectivity index (χ1) is 13.0. The van der Waals surface area contributed by atoms with Gasteiger partial charge in [-0.1, -0.05) is 35.3 Å². The number of carbonyl (C=O) groups excluding carboxylic acids is 1. The average Bonchev–Trinajstić information content (AvgIpc) is 3.16. The minimum Gasteiger partial charge on any atom is -0.331 e. The molecule has 4 aromatic rings. The van der Waals surface area contributed by atoms with E-state index in [0.717, 1.165) is 15.8 Å². The van der Waals surface area contributed by atoms with Gasteiger partial charge in [0.1, 0.15) is 11.5 Å². The van der Waals surface area contributed by atoms with Crippen LogP contribution in [0.3, 0.4) is 0 Å². The molecular formula is C20H13Cl2FN2OS. The van der Waals surface area contributed by atoms with Crippen LogP contribution in [0.4, 0.5) is 10.1 Å². The van der Waals surface area contributed by atoms with Gasteiger partial charge in [-0.3, -0.25) is 4.79 Å². The van der Waals surface area contributed by atoms with Crippen LogP contribution < -0.4 is 5.32 Å². The Morgan fingerprint density at radius 2 is 1.85 bits per heavy atom. The Morgan fingerprint density at radius 3 is 2.59 bits per heavy atom. The summed E-state index contributed by atoms with van der Waals surface area (Å²) in [5.41, 5.74) is 2.70. The van der Waals surface area contributed by atoms with Gasteiger partial charge in [0.05, 0.1) is 10.2 Å². The fraction of sp³-hybridized carbons (Fsp3) is 0.0500. The molecule has 0 atom stereocenters. The maximum absolute atomic E-state index is 13.6. The Labute approximate surface area is 169 Å². The molecule has 0 aliphatic carbocycles. The van der Waals surface area contributed by atoms with E-state index >= 15 is 0 Å². The van der Waals surface area contributed by atoms with Crippen molar-refractivity contribution in [1.29, 1.82) is 0 Å². The molecular weight excluding hydrogens is 406 g/mol. The molecule has 0 saturated heterocycles. The number of benzene rings is 2. The molecule has 7 heteroatoms. The highest BCUT2D eigenvalue weighted by atomic mass is 35.5. The fourth-order valence-electron chi connectivity index (χ4n) is 2.97. The molecule has 0 fully saturated rings. The van der Waals surface area contributed by atoms with E-state index < -0.39 is 0 Å². The van der Waals surface area contributed by atoms with Crippen molar-refractivity contribution >= 4 is 56.3 Å². The van der Waals surface area contributed by atoms with Gasteiger partial charge in [-0.2, -0.15) is 0 Å². The molecule has 1 N–H and O–H groups in total. The molecule has 0 spiro atoms. The molecule has 0 saturated carbocycles. The summed E-state index contributed by atoms with van der Waals surface area (Å²) >= 11 is 13.6. The highest BCUT2D eigenvalue weighted by Crippen LogP contribution is 2.28. The van der Waals surface area contributed by atoms with Crippen LogP contribution in [0.15, 0.2) is 60.0 Å². The largest absolute Gasteiger partial charge is 0.331 e. The molecule has 0 unspecified atom stereocenters. The van der Waals surface area contributed by atoms with E-state index in [9.17, 15) is 9.18 Å².